The van der Waals surface area contributed by atoms with Crippen LogP contribution in [0.5, 0.6) is 0 Å². The molecule has 1 N–H and O–H groups in total. The first kappa shape index (κ1) is 28.3. The first-order chi connectivity index (χ1) is 16.9. The summed E-state index contributed by atoms with van der Waals surface area (Å²) in [4.78, 5) is 13.0. The van der Waals surface area contributed by atoms with E-state index in [4.69, 9.17) is 11.6 Å². The Morgan fingerprint density at radius 2 is 1.42 bits per heavy atom. The van der Waals surface area contributed by atoms with Crippen LogP contribution in [0.4, 0.5) is 0 Å². The third-order valence-electron chi connectivity index (χ3n) is 5.27. The molecule has 0 aromatic heterocycles. The molecule has 192 valence electrons. The number of nitrogens with zero attached hydrogens (tertiary/aromatic N) is 2. The number of nitrogens with one attached hydrogen (secondary N) is 1. The maximum absolute atomic E-state index is 13.4. The lowest BCUT2D eigenvalue weighted by atomic mass is 10.2. The van der Waals surface area contributed by atoms with Gasteiger partial charge in [0.1, 0.15) is 0 Å². The average Bonchev–Trinajstić information content (AvgIpc) is 2.84. The minimum Gasteiger partial charge on any atom is -0.351 e. The molecule has 0 aliphatic carbocycles. The Morgan fingerprint density at radius 1 is 0.861 bits per heavy atom. The molecule has 0 bridgehead atoms. The molecule has 3 rings (SSSR count). The van der Waals surface area contributed by atoms with Crippen LogP contribution in [0.25, 0.3) is 0 Å². The molecule has 0 atom stereocenters. The van der Waals surface area contributed by atoms with Crippen molar-refractivity contribution in [1.82, 2.24) is 13.9 Å². The van der Waals surface area contributed by atoms with Gasteiger partial charge in [0.25, 0.3) is 0 Å². The quantitative estimate of drug-likeness (QED) is 0.374. The second-order valence-electron chi connectivity index (χ2n) is 8.03. The largest absolute Gasteiger partial charge is 0.351 e. The van der Waals surface area contributed by atoms with E-state index in [2.05, 4.69) is 21.2 Å². The van der Waals surface area contributed by atoms with Gasteiger partial charge in [0, 0.05) is 36.7 Å². The number of carbonyl (C=O) groups is 1. The van der Waals surface area contributed by atoms with E-state index < -0.39 is 32.5 Å². The normalized spacial score (nSPS) is 12.2. The van der Waals surface area contributed by atoms with E-state index in [1.165, 1.54) is 38.4 Å². The molecule has 0 unspecified atom stereocenters. The van der Waals surface area contributed by atoms with E-state index in [1.54, 1.807) is 48.5 Å². The second kappa shape index (κ2) is 11.8. The Balaban J connectivity index is 1.77. The summed E-state index contributed by atoms with van der Waals surface area (Å²) >= 11 is 9.55. The Morgan fingerprint density at radius 3 is 2.00 bits per heavy atom. The van der Waals surface area contributed by atoms with Crippen molar-refractivity contribution in [3.05, 3.63) is 93.4 Å². The molecular weight excluding hydrogens is 590 g/mol. The van der Waals surface area contributed by atoms with Crippen LogP contribution in [-0.4, -0.2) is 52.0 Å². The summed E-state index contributed by atoms with van der Waals surface area (Å²) < 4.78 is 54.1. The van der Waals surface area contributed by atoms with Crippen LogP contribution in [0.3, 0.4) is 0 Å². The highest BCUT2D eigenvalue weighted by Gasteiger charge is 2.27. The van der Waals surface area contributed by atoms with Crippen LogP contribution in [0, 0.1) is 0 Å². The molecule has 12 heteroatoms. The van der Waals surface area contributed by atoms with Crippen molar-refractivity contribution >= 4 is 53.5 Å². The van der Waals surface area contributed by atoms with E-state index in [0.717, 1.165) is 13.1 Å². The van der Waals surface area contributed by atoms with E-state index in [9.17, 15) is 21.6 Å². The monoisotopic (exact) mass is 613 g/mol. The Hall–Kier alpha value is -2.28. The number of carbonyl (C=O) groups excluding carboxylic acids is 1. The summed E-state index contributed by atoms with van der Waals surface area (Å²) in [6.07, 6.45) is 0. The molecule has 0 saturated heterocycles. The maximum atomic E-state index is 13.4. The zero-order valence-electron chi connectivity index (χ0n) is 19.6. The number of sulfonamides is 2. The number of rotatable bonds is 10. The molecule has 1 amide bonds. The van der Waals surface area contributed by atoms with E-state index in [0.29, 0.717) is 16.1 Å². The van der Waals surface area contributed by atoms with Gasteiger partial charge >= 0.3 is 0 Å². The second-order valence-corrected chi connectivity index (χ2v) is 13.4. The van der Waals surface area contributed by atoms with Gasteiger partial charge in [-0.3, -0.25) is 4.79 Å². The molecule has 0 spiro atoms. The zero-order chi connectivity index (χ0) is 26.5. The number of amides is 1. The Labute approximate surface area is 225 Å². The number of benzene rings is 3. The third-order valence-corrected chi connectivity index (χ3v) is 9.80. The summed E-state index contributed by atoms with van der Waals surface area (Å²) in [5, 5.41) is 3.09. The van der Waals surface area contributed by atoms with Gasteiger partial charge in [0.15, 0.2) is 0 Å². The molecule has 0 heterocycles. The van der Waals surface area contributed by atoms with Crippen molar-refractivity contribution in [2.75, 3.05) is 20.6 Å². The van der Waals surface area contributed by atoms with E-state index in [-0.39, 0.29) is 22.9 Å². The van der Waals surface area contributed by atoms with Crippen LogP contribution < -0.4 is 5.32 Å². The zero-order valence-corrected chi connectivity index (χ0v) is 23.5. The lowest BCUT2D eigenvalue weighted by Gasteiger charge is -2.22. The fourth-order valence-corrected chi connectivity index (χ4v) is 5.94. The fourth-order valence-electron chi connectivity index (χ4n) is 3.20. The SMILES string of the molecule is CN(C)S(=O)(=O)c1ccc(CNC(=O)CN(Cc2ccccc2Cl)S(=O)(=O)c2ccc(Br)cc2)cc1. The van der Waals surface area contributed by atoms with E-state index in [1.807, 2.05) is 0 Å². The number of hydrogen-bond acceptors (Lipinski definition) is 5. The predicted molar refractivity (Wildman–Crippen MR) is 142 cm³/mol. The standard InChI is InChI=1S/C24H25BrClN3O5S2/c1-28(2)35(31,32)21-11-7-18(8-12-21)15-27-24(30)17-29(16-19-5-3-4-6-23(19)26)36(33,34)22-13-9-20(25)10-14-22/h3-14H,15-17H2,1-2H3,(H,27,30). The number of hydrogen-bond donors (Lipinski definition) is 1. The van der Waals surface area contributed by atoms with Gasteiger partial charge < -0.3 is 5.32 Å². The molecule has 3 aromatic carbocycles. The third kappa shape index (κ3) is 6.93. The first-order valence-electron chi connectivity index (χ1n) is 10.7. The van der Waals surface area contributed by atoms with Crippen molar-refractivity contribution in [2.45, 2.75) is 22.9 Å². The number of halogens is 2. The van der Waals surface area contributed by atoms with Gasteiger partial charge in [-0.15, -0.1) is 0 Å². The fraction of sp³-hybridized carbons (Fsp3) is 0.208. The lowest BCUT2D eigenvalue weighted by Crippen LogP contribution is -2.40. The predicted octanol–water partition coefficient (Wildman–Crippen LogP) is 3.86. The van der Waals surface area contributed by atoms with Crippen molar-refractivity contribution in [3.63, 3.8) is 0 Å². The molecule has 0 aliphatic heterocycles. The van der Waals surface area contributed by atoms with Gasteiger partial charge in [-0.2, -0.15) is 4.31 Å². The molecule has 0 radical (unpaired) electrons. The Kier molecular flexibility index (Phi) is 9.31. The molecule has 3 aromatic rings. The van der Waals surface area contributed by atoms with Gasteiger partial charge in [-0.1, -0.05) is 57.9 Å². The van der Waals surface area contributed by atoms with Crippen LogP contribution in [0.15, 0.2) is 87.1 Å². The van der Waals surface area contributed by atoms with E-state index >= 15 is 0 Å². The summed E-state index contributed by atoms with van der Waals surface area (Å²) in [5.41, 5.74) is 1.22. The van der Waals surface area contributed by atoms with Crippen molar-refractivity contribution in [1.29, 1.82) is 0 Å². The van der Waals surface area contributed by atoms with Crippen LogP contribution in [-0.2, 0) is 37.9 Å². The maximum Gasteiger partial charge on any atom is 0.243 e. The highest BCUT2D eigenvalue weighted by molar-refractivity contribution is 9.10. The molecule has 8 nitrogen and oxygen atoms in total. The smallest absolute Gasteiger partial charge is 0.243 e. The topological polar surface area (TPSA) is 104 Å². The summed E-state index contributed by atoms with van der Waals surface area (Å²) in [6, 6.07) is 19.1. The molecule has 0 aliphatic rings. The minimum absolute atomic E-state index is 0.0447. The van der Waals surface area contributed by atoms with Gasteiger partial charge in [-0.05, 0) is 53.6 Å². The van der Waals surface area contributed by atoms with Gasteiger partial charge in [-0.25, -0.2) is 21.1 Å². The first-order valence-corrected chi connectivity index (χ1v) is 14.7. The van der Waals surface area contributed by atoms with Crippen LogP contribution >= 0.6 is 27.5 Å². The molecular formula is C24H25BrClN3O5S2. The Bertz CT molecular complexity index is 1430. The van der Waals surface area contributed by atoms with Gasteiger partial charge in [0.05, 0.1) is 16.3 Å². The van der Waals surface area contributed by atoms with Crippen LogP contribution in [0.1, 0.15) is 11.1 Å². The minimum atomic E-state index is -4.02. The lowest BCUT2D eigenvalue weighted by molar-refractivity contribution is -0.121. The summed E-state index contributed by atoms with van der Waals surface area (Å²) in [5.74, 6) is -0.521. The summed E-state index contributed by atoms with van der Waals surface area (Å²) in [7, 11) is -4.69. The average molecular weight is 615 g/mol. The van der Waals surface area contributed by atoms with Crippen molar-refractivity contribution in [3.8, 4) is 0 Å². The molecule has 36 heavy (non-hydrogen) atoms. The molecule has 0 saturated carbocycles. The van der Waals surface area contributed by atoms with Gasteiger partial charge in [0.2, 0.25) is 26.0 Å². The highest BCUT2D eigenvalue weighted by Crippen LogP contribution is 2.23. The van der Waals surface area contributed by atoms with Crippen molar-refractivity contribution < 1.29 is 21.6 Å². The van der Waals surface area contributed by atoms with Crippen LogP contribution in [0.2, 0.25) is 5.02 Å². The van der Waals surface area contributed by atoms with Crippen molar-refractivity contribution in [2.24, 2.45) is 0 Å². The summed E-state index contributed by atoms with van der Waals surface area (Å²) in [6.45, 7) is -0.432. The highest BCUT2D eigenvalue weighted by atomic mass is 79.9. The molecule has 0 fully saturated rings.